The largest absolute Gasteiger partial charge is 0.310 e. The lowest BCUT2D eigenvalue weighted by atomic mass is 9.64. The number of fused-ring (bicyclic) bond motifs is 24. The highest BCUT2D eigenvalue weighted by Gasteiger charge is 2.51. The predicted molar refractivity (Wildman–Crippen MR) is 558 cm³/mol. The van der Waals surface area contributed by atoms with Crippen molar-refractivity contribution in [2.75, 3.05) is 4.90 Å². The first-order chi connectivity index (χ1) is 66.1. The Labute approximate surface area is 769 Å². The zero-order chi connectivity index (χ0) is 87.6. The molecule has 0 amide bonds. The van der Waals surface area contributed by atoms with Crippen molar-refractivity contribution in [3.05, 3.63) is 532 Å². The fraction of sp³-hybridized carbons (Fsp3) is 0.00787. The molecule has 0 atom stereocenters. The number of anilines is 3. The van der Waals surface area contributed by atoms with Gasteiger partial charge in [-0.3, -0.25) is 0 Å². The van der Waals surface area contributed by atoms with E-state index in [0.717, 1.165) is 11.4 Å². The second-order valence-corrected chi connectivity index (χ2v) is 34.8. The summed E-state index contributed by atoms with van der Waals surface area (Å²) in [6.07, 6.45) is 0. The zero-order valence-corrected chi connectivity index (χ0v) is 72.7. The highest BCUT2D eigenvalue weighted by atomic mass is 15.2. The molecule has 6 nitrogen and oxygen atoms in total. The van der Waals surface area contributed by atoms with Crippen molar-refractivity contribution in [2.45, 2.75) is 5.41 Å². The van der Waals surface area contributed by atoms with Gasteiger partial charge in [0.2, 0.25) is 0 Å². The first-order valence-corrected chi connectivity index (χ1v) is 45.9. The fourth-order valence-corrected chi connectivity index (χ4v) is 22.4. The second kappa shape index (κ2) is 31.4. The van der Waals surface area contributed by atoms with Gasteiger partial charge in [0.1, 0.15) is 0 Å². The van der Waals surface area contributed by atoms with Crippen molar-refractivity contribution >= 4 is 126 Å². The Morgan fingerprint density at radius 2 is 0.376 bits per heavy atom. The SMILES string of the molecule is c1cc(N2c3ccccc3C3(c4ccccc4-c4ccccc43)c3ccccc32)cc(-n2c3ccccc3c3ccccc32)c1.c1ccc(-c2cccc(-n3c4ccccc4c4cc(-n5c6ccccc6c6ccccc65)ccc43)c2)cc1.c1ccc(-c2ccccc2-n2c3ccccc3c3ccccc32)c(-c2ccccc2-c2ccccc2-n2c3ccccc3c3ccccc32)c1. The number of benzene rings is 21. The topological polar surface area (TPSA) is 27.9 Å². The van der Waals surface area contributed by atoms with Crippen LogP contribution in [0.4, 0.5) is 17.1 Å². The summed E-state index contributed by atoms with van der Waals surface area (Å²) in [5.74, 6) is 0. The number of rotatable bonds is 10. The minimum Gasteiger partial charge on any atom is -0.310 e. The Morgan fingerprint density at radius 1 is 0.128 bits per heavy atom. The van der Waals surface area contributed by atoms with Crippen LogP contribution >= 0.6 is 0 Å². The molecular weight excluding hydrogens is 1610 g/mol. The average molecular weight is 1690 g/mol. The van der Waals surface area contributed by atoms with Crippen molar-refractivity contribution in [1.82, 2.24) is 22.8 Å². The number of hydrogen-bond donors (Lipinski definition) is 0. The van der Waals surface area contributed by atoms with Crippen LogP contribution in [0.3, 0.4) is 0 Å². The number of hydrogen-bond acceptors (Lipinski definition) is 1. The minimum absolute atomic E-state index is 0.401. The molecule has 1 spiro atoms. The maximum atomic E-state index is 2.47. The van der Waals surface area contributed by atoms with Crippen LogP contribution in [0.1, 0.15) is 22.3 Å². The number of para-hydroxylation sites is 13. The van der Waals surface area contributed by atoms with Gasteiger partial charge in [0, 0.05) is 87.7 Å². The second-order valence-electron chi connectivity index (χ2n) is 34.8. The van der Waals surface area contributed by atoms with Crippen molar-refractivity contribution in [3.8, 4) is 84.1 Å². The van der Waals surface area contributed by atoms with Crippen molar-refractivity contribution < 1.29 is 0 Å². The summed E-state index contributed by atoms with van der Waals surface area (Å²) in [5, 5.41) is 12.7. The monoisotopic (exact) mass is 1690 g/mol. The van der Waals surface area contributed by atoms with Crippen LogP contribution in [-0.4, -0.2) is 22.8 Å². The van der Waals surface area contributed by atoms with E-state index in [0.29, 0.717) is 0 Å². The molecule has 1 aliphatic heterocycles. The Kier molecular flexibility index (Phi) is 18.1. The highest BCUT2D eigenvalue weighted by Crippen LogP contribution is 2.64. The van der Waals surface area contributed by atoms with E-state index in [1.165, 1.54) is 221 Å². The highest BCUT2D eigenvalue weighted by molar-refractivity contribution is 6.15. The van der Waals surface area contributed by atoms with Crippen molar-refractivity contribution in [2.24, 2.45) is 0 Å². The summed E-state index contributed by atoms with van der Waals surface area (Å²) < 4.78 is 12.1. The molecule has 0 fully saturated rings. The van der Waals surface area contributed by atoms with Crippen LogP contribution in [0.2, 0.25) is 0 Å². The number of nitrogens with zero attached hydrogens (tertiary/aromatic N) is 6. The first kappa shape index (κ1) is 76.6. The van der Waals surface area contributed by atoms with Crippen LogP contribution in [0, 0.1) is 0 Å². The van der Waals surface area contributed by atoms with Crippen molar-refractivity contribution in [1.29, 1.82) is 0 Å². The van der Waals surface area contributed by atoms with Crippen LogP contribution in [0.15, 0.2) is 510 Å². The molecule has 5 aromatic heterocycles. The Bertz CT molecular complexity index is 8630. The van der Waals surface area contributed by atoms with E-state index in [9.17, 15) is 0 Å². The fourth-order valence-electron chi connectivity index (χ4n) is 22.4. The molecule has 622 valence electrons. The van der Waals surface area contributed by atoms with E-state index in [4.69, 9.17) is 0 Å². The summed E-state index contributed by atoms with van der Waals surface area (Å²) in [4.78, 5) is 2.47. The quantitative estimate of drug-likeness (QED) is 0.134. The standard InChI is InChI=1S/C48H32N2.C43H28N2.C36H24N2/c1-3-19-35(37-21-5-11-27-43(37)49-45-29-13-7-23-39(45)40-24-8-14-30-46(40)49)33(17-1)34-18-2-4-20-36(34)38-22-6-12-28-44(38)50-47-31-15-9-25-41(47)42-26-10-16-32-48(42)50;1-5-20-35-31(16-1)32-17-2-6-21-36(32)43(35)37-22-7-11-26-41(37)45(42-27-12-8-23-38(42)43)30-15-13-14-29(28-30)44-39-24-9-3-18-33(39)34-19-4-10-25-40(34)44;1-2-11-25(12-3-1)26-13-10-14-27(23-26)37-35-20-9-6-17-31(35)32-24-28(21-22-36(32)37)38-33-18-7-4-15-29(33)30-16-5-8-19-34(30)38/h1-32H;1-28H;1-24H. The van der Waals surface area contributed by atoms with E-state index < -0.39 is 5.41 Å². The molecule has 26 aromatic rings. The van der Waals surface area contributed by atoms with Gasteiger partial charge in [0.15, 0.2) is 0 Å². The van der Waals surface area contributed by atoms with E-state index in [1.54, 1.807) is 0 Å². The van der Waals surface area contributed by atoms with Crippen molar-refractivity contribution in [3.63, 3.8) is 0 Å². The maximum absolute atomic E-state index is 2.47. The Hall–Kier alpha value is -17.6. The third-order valence-corrected chi connectivity index (χ3v) is 27.9. The van der Waals surface area contributed by atoms with E-state index in [2.05, 4.69) is 537 Å². The third kappa shape index (κ3) is 12.0. The Balaban J connectivity index is 0.000000105. The lowest BCUT2D eigenvalue weighted by Gasteiger charge is -2.45. The Morgan fingerprint density at radius 3 is 0.759 bits per heavy atom. The zero-order valence-electron chi connectivity index (χ0n) is 72.7. The summed E-state index contributed by atoms with van der Waals surface area (Å²) in [6, 6.07) is 185. The van der Waals surface area contributed by atoms with Gasteiger partial charge in [-0.25, -0.2) is 0 Å². The van der Waals surface area contributed by atoms with Gasteiger partial charge in [-0.15, -0.1) is 0 Å². The van der Waals surface area contributed by atoms with Gasteiger partial charge in [-0.05, 0) is 194 Å². The molecule has 0 saturated carbocycles. The average Bonchev–Trinajstić information content (AvgIpc) is 1.51. The summed E-state index contributed by atoms with van der Waals surface area (Å²) in [6.45, 7) is 0. The lowest BCUT2D eigenvalue weighted by Crippen LogP contribution is -2.36. The van der Waals surface area contributed by atoms with Gasteiger partial charge in [-0.1, -0.05) is 382 Å². The predicted octanol–water partition coefficient (Wildman–Crippen LogP) is 33.4. The number of aromatic nitrogens is 5. The van der Waals surface area contributed by atoms with Gasteiger partial charge in [-0.2, -0.15) is 0 Å². The van der Waals surface area contributed by atoms with E-state index in [-0.39, 0.29) is 0 Å². The molecule has 28 rings (SSSR count). The molecular formula is C127H84N6. The van der Waals surface area contributed by atoms with E-state index >= 15 is 0 Å². The molecule has 0 bridgehead atoms. The molecule has 0 N–H and O–H groups in total. The molecule has 21 aromatic carbocycles. The lowest BCUT2D eigenvalue weighted by molar-refractivity contribution is 0.752. The molecule has 2 aliphatic rings. The first-order valence-electron chi connectivity index (χ1n) is 45.9. The van der Waals surface area contributed by atoms with Crippen LogP contribution in [-0.2, 0) is 5.41 Å². The molecule has 1 aliphatic carbocycles. The van der Waals surface area contributed by atoms with E-state index in [1.807, 2.05) is 0 Å². The third-order valence-electron chi connectivity index (χ3n) is 27.9. The van der Waals surface area contributed by atoms with Crippen LogP contribution in [0.25, 0.3) is 193 Å². The molecule has 0 unspecified atom stereocenters. The summed E-state index contributed by atoms with van der Waals surface area (Å²) in [5.41, 5.74) is 38.7. The van der Waals surface area contributed by atoms with Crippen LogP contribution in [0.5, 0.6) is 0 Å². The molecule has 0 radical (unpaired) electrons. The minimum atomic E-state index is -0.401. The van der Waals surface area contributed by atoms with Gasteiger partial charge in [0.05, 0.1) is 83.3 Å². The normalized spacial score (nSPS) is 12.4. The van der Waals surface area contributed by atoms with Gasteiger partial charge < -0.3 is 27.7 Å². The van der Waals surface area contributed by atoms with Gasteiger partial charge >= 0.3 is 0 Å². The smallest absolute Gasteiger partial charge is 0.0754 e. The summed E-state index contributed by atoms with van der Waals surface area (Å²) in [7, 11) is 0. The van der Waals surface area contributed by atoms with Crippen LogP contribution < -0.4 is 4.90 Å². The van der Waals surface area contributed by atoms with Gasteiger partial charge in [0.25, 0.3) is 0 Å². The molecule has 0 saturated heterocycles. The maximum Gasteiger partial charge on any atom is 0.0754 e. The molecule has 6 heteroatoms. The molecule has 133 heavy (non-hydrogen) atoms. The molecule has 6 heterocycles. The summed E-state index contributed by atoms with van der Waals surface area (Å²) >= 11 is 0.